The molecule has 0 spiro atoms. The molecule has 2 aromatic carbocycles. The lowest BCUT2D eigenvalue weighted by Crippen LogP contribution is -2.45. The molecule has 0 aliphatic carbocycles. The minimum Gasteiger partial charge on any atom is -0.346 e. The van der Waals surface area contributed by atoms with Crippen LogP contribution in [0.15, 0.2) is 35.2 Å². The molecule has 0 unspecified atom stereocenters. The van der Waals surface area contributed by atoms with E-state index in [0.717, 1.165) is 16.7 Å². The Hall–Kier alpha value is -2.71. The van der Waals surface area contributed by atoms with Crippen LogP contribution in [-0.2, 0) is 19.6 Å². The van der Waals surface area contributed by atoms with E-state index in [0.29, 0.717) is 41.1 Å². The predicted octanol–water partition coefficient (Wildman–Crippen LogP) is 3.14. The van der Waals surface area contributed by atoms with Crippen molar-refractivity contribution in [2.24, 2.45) is 0 Å². The van der Waals surface area contributed by atoms with E-state index in [1.807, 2.05) is 39.0 Å². The van der Waals surface area contributed by atoms with Crippen molar-refractivity contribution in [3.05, 3.63) is 58.1 Å². The third kappa shape index (κ3) is 5.19. The number of carbonyl (C=O) groups excluding carboxylic acids is 2. The van der Waals surface area contributed by atoms with E-state index in [2.05, 4.69) is 10.6 Å². The fraction of sp³-hybridized carbons (Fsp3) is 0.417. The first-order valence-electron chi connectivity index (χ1n) is 10.8. The van der Waals surface area contributed by atoms with Crippen molar-refractivity contribution in [1.82, 2.24) is 9.62 Å². The van der Waals surface area contributed by atoms with E-state index in [4.69, 9.17) is 0 Å². The molecule has 3 rings (SSSR count). The first kappa shape index (κ1) is 23.9. The van der Waals surface area contributed by atoms with E-state index in [1.165, 1.54) is 4.31 Å². The molecule has 2 N–H and O–H groups in total. The van der Waals surface area contributed by atoms with Crippen LogP contribution in [0.2, 0.25) is 0 Å². The smallest absolute Gasteiger partial charge is 0.313 e. The maximum Gasteiger partial charge on any atom is 0.313 e. The highest BCUT2D eigenvalue weighted by Crippen LogP contribution is 2.30. The largest absolute Gasteiger partial charge is 0.346 e. The van der Waals surface area contributed by atoms with Crippen LogP contribution in [-0.4, -0.2) is 43.7 Å². The zero-order valence-corrected chi connectivity index (χ0v) is 20.1. The molecule has 1 heterocycles. The van der Waals surface area contributed by atoms with Crippen molar-refractivity contribution in [2.45, 2.75) is 58.4 Å². The summed E-state index contributed by atoms with van der Waals surface area (Å²) in [4.78, 5) is 25.0. The van der Waals surface area contributed by atoms with Gasteiger partial charge in [0.25, 0.3) is 0 Å². The van der Waals surface area contributed by atoms with Crippen molar-refractivity contribution < 1.29 is 18.0 Å². The van der Waals surface area contributed by atoms with Crippen molar-refractivity contribution in [2.75, 3.05) is 18.4 Å². The molecule has 7 nitrogen and oxygen atoms in total. The summed E-state index contributed by atoms with van der Waals surface area (Å²) < 4.78 is 28.3. The van der Waals surface area contributed by atoms with Crippen LogP contribution >= 0.6 is 0 Å². The van der Waals surface area contributed by atoms with Gasteiger partial charge in [0, 0.05) is 24.8 Å². The Morgan fingerprint density at radius 3 is 2.06 bits per heavy atom. The summed E-state index contributed by atoms with van der Waals surface area (Å²) >= 11 is 0. The third-order valence-electron chi connectivity index (χ3n) is 5.68. The normalized spacial score (nSPS) is 16.7. The van der Waals surface area contributed by atoms with Gasteiger partial charge in [0.05, 0.1) is 4.90 Å². The first-order valence-corrected chi connectivity index (χ1v) is 12.2. The average Bonchev–Trinajstić information content (AvgIpc) is 3.13. The SMILES string of the molecule is Cc1cc(C)cc(NC(=O)C(=O)NC[C@@H]2CCCN2S(=O)(=O)c2c(C)cc(C)cc2C)c1. The Balaban J connectivity index is 1.68. The van der Waals surface area contributed by atoms with Crippen molar-refractivity contribution >= 4 is 27.5 Å². The molecule has 0 aromatic heterocycles. The molecule has 1 fully saturated rings. The summed E-state index contributed by atoms with van der Waals surface area (Å²) in [7, 11) is -3.71. The van der Waals surface area contributed by atoms with Crippen LogP contribution in [0.25, 0.3) is 0 Å². The van der Waals surface area contributed by atoms with Gasteiger partial charge in [0.2, 0.25) is 10.0 Å². The number of aryl methyl sites for hydroxylation is 5. The number of rotatable bonds is 5. The highest BCUT2D eigenvalue weighted by atomic mass is 32.2. The van der Waals surface area contributed by atoms with Gasteiger partial charge < -0.3 is 10.6 Å². The maximum absolute atomic E-state index is 13.4. The number of hydrogen-bond donors (Lipinski definition) is 2. The van der Waals surface area contributed by atoms with E-state index in [1.54, 1.807) is 26.0 Å². The number of nitrogens with zero attached hydrogens (tertiary/aromatic N) is 1. The third-order valence-corrected chi connectivity index (χ3v) is 7.94. The number of sulfonamides is 1. The van der Waals surface area contributed by atoms with E-state index in [9.17, 15) is 18.0 Å². The molecule has 2 aromatic rings. The Morgan fingerprint density at radius 1 is 0.906 bits per heavy atom. The van der Waals surface area contributed by atoms with Gasteiger partial charge in [0.1, 0.15) is 0 Å². The number of carbonyl (C=O) groups is 2. The predicted molar refractivity (Wildman–Crippen MR) is 125 cm³/mol. The molecule has 172 valence electrons. The molecule has 0 radical (unpaired) electrons. The molecular weight excluding hydrogens is 426 g/mol. The molecule has 1 saturated heterocycles. The van der Waals surface area contributed by atoms with Gasteiger partial charge in [-0.3, -0.25) is 9.59 Å². The molecule has 1 atom stereocenters. The highest BCUT2D eigenvalue weighted by molar-refractivity contribution is 7.89. The fourth-order valence-electron chi connectivity index (χ4n) is 4.55. The van der Waals surface area contributed by atoms with Crippen LogP contribution in [0.3, 0.4) is 0 Å². The number of hydrogen-bond acceptors (Lipinski definition) is 4. The highest BCUT2D eigenvalue weighted by Gasteiger charge is 2.37. The Labute approximate surface area is 190 Å². The zero-order valence-electron chi connectivity index (χ0n) is 19.3. The van der Waals surface area contributed by atoms with Gasteiger partial charge in [-0.1, -0.05) is 23.8 Å². The molecule has 0 bridgehead atoms. The Bertz CT molecular complexity index is 1110. The van der Waals surface area contributed by atoms with Crippen LogP contribution in [0, 0.1) is 34.6 Å². The summed E-state index contributed by atoms with van der Waals surface area (Å²) in [6.07, 6.45) is 1.33. The molecule has 8 heteroatoms. The number of anilines is 1. The van der Waals surface area contributed by atoms with Crippen molar-refractivity contribution in [1.29, 1.82) is 0 Å². The summed E-state index contributed by atoms with van der Waals surface area (Å²) in [5.41, 5.74) is 4.95. The standard InChI is InChI=1S/C24H31N3O4S/c1-15-9-16(2)13-20(12-15)26-24(29)23(28)25-14-21-7-6-8-27(21)32(30,31)22-18(4)10-17(3)11-19(22)5/h9-13,21H,6-8,14H2,1-5H3,(H,25,28)(H,26,29)/t21-/m0/s1. The first-order chi connectivity index (χ1) is 15.0. The molecule has 1 aliphatic rings. The Kier molecular flexibility index (Phi) is 7.05. The summed E-state index contributed by atoms with van der Waals surface area (Å²) in [6, 6.07) is 8.89. The number of nitrogens with one attached hydrogen (secondary N) is 2. The topological polar surface area (TPSA) is 95.6 Å². The van der Waals surface area contributed by atoms with E-state index >= 15 is 0 Å². The second-order valence-corrected chi connectivity index (χ2v) is 10.5. The lowest BCUT2D eigenvalue weighted by atomic mass is 10.1. The summed E-state index contributed by atoms with van der Waals surface area (Å²) in [5.74, 6) is -1.55. The summed E-state index contributed by atoms with van der Waals surface area (Å²) in [5, 5.41) is 5.21. The lowest BCUT2D eigenvalue weighted by molar-refractivity contribution is -0.136. The quantitative estimate of drug-likeness (QED) is 0.675. The monoisotopic (exact) mass is 457 g/mol. The van der Waals surface area contributed by atoms with Crippen molar-refractivity contribution in [3.63, 3.8) is 0 Å². The molecule has 1 aliphatic heterocycles. The van der Waals surface area contributed by atoms with Crippen LogP contribution in [0.1, 0.15) is 40.7 Å². The van der Waals surface area contributed by atoms with Crippen molar-refractivity contribution in [3.8, 4) is 0 Å². The van der Waals surface area contributed by atoms with Gasteiger partial charge in [-0.05, 0) is 81.8 Å². The van der Waals surface area contributed by atoms with Gasteiger partial charge in [-0.2, -0.15) is 4.31 Å². The molecule has 32 heavy (non-hydrogen) atoms. The lowest BCUT2D eigenvalue weighted by Gasteiger charge is -2.26. The van der Waals surface area contributed by atoms with E-state index in [-0.39, 0.29) is 6.54 Å². The average molecular weight is 458 g/mol. The number of amides is 2. The molecular formula is C24H31N3O4S. The van der Waals surface area contributed by atoms with Crippen LogP contribution in [0.4, 0.5) is 5.69 Å². The van der Waals surface area contributed by atoms with Crippen LogP contribution in [0.5, 0.6) is 0 Å². The number of benzene rings is 2. The van der Waals surface area contributed by atoms with Gasteiger partial charge in [-0.25, -0.2) is 8.42 Å². The maximum atomic E-state index is 13.4. The second-order valence-electron chi connectivity index (χ2n) is 8.68. The minimum atomic E-state index is -3.71. The fourth-order valence-corrected chi connectivity index (χ4v) is 6.65. The van der Waals surface area contributed by atoms with Gasteiger partial charge in [0.15, 0.2) is 0 Å². The van der Waals surface area contributed by atoms with E-state index < -0.39 is 27.9 Å². The van der Waals surface area contributed by atoms with Crippen LogP contribution < -0.4 is 10.6 Å². The molecule has 0 saturated carbocycles. The Morgan fingerprint density at radius 2 is 1.47 bits per heavy atom. The van der Waals surface area contributed by atoms with Gasteiger partial charge >= 0.3 is 11.8 Å². The second kappa shape index (κ2) is 9.42. The minimum absolute atomic E-state index is 0.0856. The molecule has 2 amide bonds. The van der Waals surface area contributed by atoms with Gasteiger partial charge in [-0.15, -0.1) is 0 Å². The zero-order chi connectivity index (χ0) is 23.6. The summed E-state index contributed by atoms with van der Waals surface area (Å²) in [6.45, 7) is 9.85.